The first-order valence-corrected chi connectivity index (χ1v) is 11.6. The molecule has 2 heterocycles. The molecule has 0 aromatic heterocycles. The number of carbonyl (C=O) groups excluding carboxylic acids is 3. The first-order valence-electron chi connectivity index (χ1n) is 10.8. The van der Waals surface area contributed by atoms with Crippen LogP contribution >= 0.6 is 11.8 Å². The van der Waals surface area contributed by atoms with Crippen molar-refractivity contribution in [1.82, 2.24) is 4.90 Å². The van der Waals surface area contributed by atoms with Crippen molar-refractivity contribution in [2.24, 2.45) is 0 Å². The summed E-state index contributed by atoms with van der Waals surface area (Å²) >= 11 is 0.737. The lowest BCUT2D eigenvalue weighted by Crippen LogP contribution is -2.36. The van der Waals surface area contributed by atoms with Crippen molar-refractivity contribution in [3.8, 4) is 5.75 Å². The molecule has 0 bridgehead atoms. The SMILES string of the molecule is CCOc1ccc(NC(=O)CN2C(=O)S/C(=C\c3ccc(N4CCCC4)c(F)c3)C2=O)cc1. The lowest BCUT2D eigenvalue weighted by atomic mass is 10.1. The number of benzene rings is 2. The summed E-state index contributed by atoms with van der Waals surface area (Å²) in [6.07, 6.45) is 3.56. The first-order chi connectivity index (χ1) is 15.9. The van der Waals surface area contributed by atoms with Crippen LogP contribution in [0.15, 0.2) is 47.4 Å². The van der Waals surface area contributed by atoms with Crippen LogP contribution in [0.2, 0.25) is 0 Å². The normalized spacial score (nSPS) is 17.2. The molecule has 1 N–H and O–H groups in total. The molecule has 0 aliphatic carbocycles. The van der Waals surface area contributed by atoms with Gasteiger partial charge in [-0.25, -0.2) is 4.39 Å². The molecule has 0 unspecified atom stereocenters. The maximum Gasteiger partial charge on any atom is 0.294 e. The van der Waals surface area contributed by atoms with Crippen LogP contribution in [-0.2, 0) is 9.59 Å². The van der Waals surface area contributed by atoms with Gasteiger partial charge in [0.25, 0.3) is 11.1 Å². The summed E-state index contributed by atoms with van der Waals surface area (Å²) in [4.78, 5) is 40.4. The predicted molar refractivity (Wildman–Crippen MR) is 127 cm³/mol. The number of anilines is 2. The summed E-state index contributed by atoms with van der Waals surface area (Å²) in [6, 6.07) is 11.6. The molecule has 0 radical (unpaired) electrons. The van der Waals surface area contributed by atoms with E-state index in [9.17, 15) is 18.8 Å². The summed E-state index contributed by atoms with van der Waals surface area (Å²) in [5.74, 6) is -0.754. The van der Waals surface area contributed by atoms with Crippen LogP contribution in [0.4, 0.5) is 20.6 Å². The number of nitrogens with zero attached hydrogens (tertiary/aromatic N) is 2. The third-order valence-corrected chi connectivity index (χ3v) is 6.25. The van der Waals surface area contributed by atoms with Gasteiger partial charge < -0.3 is 15.0 Å². The van der Waals surface area contributed by atoms with Crippen LogP contribution in [0, 0.1) is 5.82 Å². The Hall–Kier alpha value is -3.33. The van der Waals surface area contributed by atoms with Crippen molar-refractivity contribution in [3.63, 3.8) is 0 Å². The molecule has 2 aromatic rings. The van der Waals surface area contributed by atoms with Gasteiger partial charge in [-0.1, -0.05) is 6.07 Å². The zero-order chi connectivity index (χ0) is 23.4. The fourth-order valence-corrected chi connectivity index (χ4v) is 4.60. The Labute approximate surface area is 195 Å². The number of halogens is 1. The van der Waals surface area contributed by atoms with Crippen LogP contribution in [0.1, 0.15) is 25.3 Å². The Balaban J connectivity index is 1.40. The van der Waals surface area contributed by atoms with E-state index in [0.717, 1.165) is 42.6 Å². The molecule has 4 rings (SSSR count). The fourth-order valence-electron chi connectivity index (χ4n) is 3.76. The molecule has 0 saturated carbocycles. The van der Waals surface area contributed by atoms with E-state index in [1.165, 1.54) is 12.1 Å². The minimum Gasteiger partial charge on any atom is -0.494 e. The van der Waals surface area contributed by atoms with Gasteiger partial charge in [-0.2, -0.15) is 0 Å². The van der Waals surface area contributed by atoms with Gasteiger partial charge in [0.05, 0.1) is 17.2 Å². The molecule has 2 aliphatic heterocycles. The number of imide groups is 1. The average molecular weight is 470 g/mol. The van der Waals surface area contributed by atoms with E-state index in [-0.39, 0.29) is 10.7 Å². The van der Waals surface area contributed by atoms with Crippen molar-refractivity contribution < 1.29 is 23.5 Å². The Morgan fingerprint density at radius 1 is 1.15 bits per heavy atom. The maximum absolute atomic E-state index is 14.6. The summed E-state index contributed by atoms with van der Waals surface area (Å²) in [7, 11) is 0. The minimum atomic E-state index is -0.573. The highest BCUT2D eigenvalue weighted by atomic mass is 32.2. The zero-order valence-electron chi connectivity index (χ0n) is 18.2. The van der Waals surface area contributed by atoms with Crippen LogP contribution in [0.3, 0.4) is 0 Å². The standard InChI is InChI=1S/C24H24FN3O4S/c1-2-32-18-8-6-17(7-9-18)26-22(29)15-28-23(30)21(33-24(28)31)14-16-5-10-20(19(25)13-16)27-11-3-4-12-27/h5-10,13-14H,2-4,11-12,15H2,1H3,(H,26,29)/b21-14-. The number of hydrogen-bond donors (Lipinski definition) is 1. The second kappa shape index (κ2) is 10.1. The Kier molecular flexibility index (Phi) is 6.98. The minimum absolute atomic E-state index is 0.155. The van der Waals surface area contributed by atoms with Gasteiger partial charge in [-0.05, 0) is 79.6 Å². The highest BCUT2D eigenvalue weighted by molar-refractivity contribution is 8.18. The lowest BCUT2D eigenvalue weighted by Gasteiger charge is -2.18. The lowest BCUT2D eigenvalue weighted by molar-refractivity contribution is -0.127. The predicted octanol–water partition coefficient (Wildman–Crippen LogP) is 4.50. The molecule has 2 aliphatic rings. The van der Waals surface area contributed by atoms with Crippen LogP contribution < -0.4 is 15.0 Å². The second-order valence-electron chi connectivity index (χ2n) is 7.68. The highest BCUT2D eigenvalue weighted by Crippen LogP contribution is 2.33. The van der Waals surface area contributed by atoms with Gasteiger partial charge >= 0.3 is 0 Å². The van der Waals surface area contributed by atoms with E-state index in [0.29, 0.717) is 29.3 Å². The van der Waals surface area contributed by atoms with Crippen molar-refractivity contribution >= 4 is 46.3 Å². The number of rotatable bonds is 7. The highest BCUT2D eigenvalue weighted by Gasteiger charge is 2.36. The Morgan fingerprint density at radius 2 is 1.88 bits per heavy atom. The molecule has 9 heteroatoms. The van der Waals surface area contributed by atoms with Gasteiger partial charge in [0.15, 0.2) is 0 Å². The monoisotopic (exact) mass is 469 g/mol. The largest absolute Gasteiger partial charge is 0.494 e. The quantitative estimate of drug-likeness (QED) is 0.602. The Morgan fingerprint density at radius 3 is 2.55 bits per heavy atom. The topological polar surface area (TPSA) is 79.0 Å². The third-order valence-electron chi connectivity index (χ3n) is 5.34. The molecule has 172 valence electrons. The molecule has 7 nitrogen and oxygen atoms in total. The van der Waals surface area contributed by atoms with E-state index in [1.54, 1.807) is 36.4 Å². The van der Waals surface area contributed by atoms with Crippen LogP contribution in [0.25, 0.3) is 6.08 Å². The van der Waals surface area contributed by atoms with E-state index < -0.39 is 23.6 Å². The summed E-state index contributed by atoms with van der Waals surface area (Å²) in [5.41, 5.74) is 1.56. The Bertz CT molecular complexity index is 1100. The van der Waals surface area contributed by atoms with Crippen molar-refractivity contribution in [2.75, 3.05) is 36.5 Å². The molecule has 2 aromatic carbocycles. The maximum atomic E-state index is 14.6. The van der Waals surface area contributed by atoms with Gasteiger partial charge in [0.2, 0.25) is 5.91 Å². The smallest absolute Gasteiger partial charge is 0.294 e. The summed E-state index contributed by atoms with van der Waals surface area (Å²) in [6.45, 7) is 3.66. The van der Waals surface area contributed by atoms with Crippen molar-refractivity contribution in [3.05, 3.63) is 58.8 Å². The van der Waals surface area contributed by atoms with E-state index in [4.69, 9.17) is 4.74 Å². The van der Waals surface area contributed by atoms with E-state index >= 15 is 0 Å². The molecule has 2 fully saturated rings. The fraction of sp³-hybridized carbons (Fsp3) is 0.292. The number of ether oxygens (including phenoxy) is 1. The first kappa shape index (κ1) is 22.8. The van der Waals surface area contributed by atoms with E-state index in [1.807, 2.05) is 11.8 Å². The second-order valence-corrected chi connectivity index (χ2v) is 8.67. The molecule has 0 spiro atoms. The molecule has 33 heavy (non-hydrogen) atoms. The number of hydrogen-bond acceptors (Lipinski definition) is 6. The van der Waals surface area contributed by atoms with E-state index in [2.05, 4.69) is 5.32 Å². The van der Waals surface area contributed by atoms with Crippen LogP contribution in [0.5, 0.6) is 5.75 Å². The number of carbonyl (C=O) groups is 3. The van der Waals surface area contributed by atoms with Crippen molar-refractivity contribution in [1.29, 1.82) is 0 Å². The van der Waals surface area contributed by atoms with Crippen LogP contribution in [-0.4, -0.2) is 48.2 Å². The molecule has 3 amide bonds. The van der Waals surface area contributed by atoms with Gasteiger partial charge in [0, 0.05) is 18.8 Å². The number of amides is 3. The average Bonchev–Trinajstić information content (AvgIpc) is 3.40. The summed E-state index contributed by atoms with van der Waals surface area (Å²) < 4.78 is 19.9. The van der Waals surface area contributed by atoms with Gasteiger partial charge in [0.1, 0.15) is 18.1 Å². The van der Waals surface area contributed by atoms with Gasteiger partial charge in [-0.3, -0.25) is 19.3 Å². The molecule has 0 atom stereocenters. The number of thioether (sulfide) groups is 1. The summed E-state index contributed by atoms with van der Waals surface area (Å²) in [5, 5.41) is 2.12. The van der Waals surface area contributed by atoms with Crippen molar-refractivity contribution in [2.45, 2.75) is 19.8 Å². The number of nitrogens with one attached hydrogen (secondary N) is 1. The zero-order valence-corrected chi connectivity index (χ0v) is 19.0. The molecule has 2 saturated heterocycles. The molecular weight excluding hydrogens is 445 g/mol. The molecular formula is C24H24FN3O4S. The third kappa shape index (κ3) is 5.36. The van der Waals surface area contributed by atoms with Gasteiger partial charge in [-0.15, -0.1) is 0 Å².